The van der Waals surface area contributed by atoms with Gasteiger partial charge in [-0.05, 0) is 24.1 Å². The van der Waals surface area contributed by atoms with Crippen molar-refractivity contribution >= 4 is 10.0 Å². The Bertz CT molecular complexity index is 576. The van der Waals surface area contributed by atoms with E-state index >= 15 is 0 Å². The summed E-state index contributed by atoms with van der Waals surface area (Å²) in [7, 11) is -4.29. The van der Waals surface area contributed by atoms with Gasteiger partial charge in [-0.15, -0.1) is 0 Å². The first kappa shape index (κ1) is 16.9. The summed E-state index contributed by atoms with van der Waals surface area (Å²) < 4.78 is 74.5. The lowest BCUT2D eigenvalue weighted by molar-refractivity contribution is -0.122. The molecule has 0 fully saturated rings. The lowest BCUT2D eigenvalue weighted by atomic mass is 10.1. The molecule has 0 amide bonds. The molecule has 0 aliphatic carbocycles. The van der Waals surface area contributed by atoms with Gasteiger partial charge in [-0.1, -0.05) is 12.1 Å². The van der Waals surface area contributed by atoms with E-state index in [1.165, 1.54) is 29.8 Å². The normalized spacial score (nSPS) is 12.9. The predicted molar refractivity (Wildman–Crippen MR) is 65.2 cm³/mol. The number of hydrogen-bond acceptors (Lipinski definition) is 3. The summed E-state index contributed by atoms with van der Waals surface area (Å²) in [5, 5.41) is 0. The molecule has 0 saturated heterocycles. The van der Waals surface area contributed by atoms with E-state index < -0.39 is 28.9 Å². The Balaban J connectivity index is 2.95. The van der Waals surface area contributed by atoms with Crippen LogP contribution < -0.4 is 10.5 Å². The molecule has 0 saturated carbocycles. The zero-order valence-electron chi connectivity index (χ0n) is 10.5. The number of benzene rings is 1. The second-order valence-corrected chi connectivity index (χ2v) is 5.93. The van der Waals surface area contributed by atoms with Gasteiger partial charge in [-0.2, -0.15) is 8.78 Å². The zero-order chi connectivity index (χ0) is 15.6. The summed E-state index contributed by atoms with van der Waals surface area (Å²) in [6, 6.07) is 4.10. The highest BCUT2D eigenvalue weighted by Gasteiger charge is 2.41. The fourth-order valence-electron chi connectivity index (χ4n) is 1.49. The Kier molecular flexibility index (Phi) is 5.11. The molecule has 0 atom stereocenters. The van der Waals surface area contributed by atoms with Crippen molar-refractivity contribution < 1.29 is 26.0 Å². The van der Waals surface area contributed by atoms with Crippen molar-refractivity contribution in [3.63, 3.8) is 0 Å². The minimum atomic E-state index is -4.42. The molecule has 0 radical (unpaired) electrons. The molecule has 0 aliphatic rings. The van der Waals surface area contributed by atoms with Crippen LogP contribution in [0, 0.1) is 6.92 Å². The predicted octanol–water partition coefficient (Wildman–Crippen LogP) is 1.63. The summed E-state index contributed by atoms with van der Waals surface area (Å²) in [4.78, 5) is -0.250. The van der Waals surface area contributed by atoms with Crippen molar-refractivity contribution in [1.82, 2.24) is 4.72 Å². The first-order valence-electron chi connectivity index (χ1n) is 5.55. The van der Waals surface area contributed by atoms with Gasteiger partial charge in [0.05, 0.1) is 11.4 Å². The van der Waals surface area contributed by atoms with Crippen LogP contribution in [0.25, 0.3) is 0 Å². The van der Waals surface area contributed by atoms with E-state index in [0.717, 1.165) is 0 Å². The minimum Gasteiger partial charge on any atom is -0.326 e. The Morgan fingerprint density at radius 2 is 1.95 bits per heavy atom. The summed E-state index contributed by atoms with van der Waals surface area (Å²) in [6.45, 7) is -0.0118. The van der Waals surface area contributed by atoms with Gasteiger partial charge in [0.1, 0.15) is 0 Å². The van der Waals surface area contributed by atoms with E-state index in [4.69, 9.17) is 5.73 Å². The van der Waals surface area contributed by atoms with Crippen molar-refractivity contribution in [3.8, 4) is 0 Å². The second-order valence-electron chi connectivity index (χ2n) is 4.19. The standard InChI is InChI=1S/C11H14F4N2O2S/c1-7-4-8(5-16)2-3-9(7)20(18,19)17-6-11(14,15)10(12)13/h2-4,10,17H,5-6,16H2,1H3. The average Bonchev–Trinajstić information content (AvgIpc) is 2.36. The molecule has 1 rings (SSSR count). The number of nitrogens with one attached hydrogen (secondary N) is 1. The lowest BCUT2D eigenvalue weighted by Crippen LogP contribution is -2.41. The Hall–Kier alpha value is -1.19. The summed E-state index contributed by atoms with van der Waals surface area (Å²) in [5.41, 5.74) is 6.34. The number of rotatable bonds is 6. The second kappa shape index (κ2) is 6.06. The molecule has 4 nitrogen and oxygen atoms in total. The fraction of sp³-hybridized carbons (Fsp3) is 0.455. The minimum absolute atomic E-state index is 0.193. The molecular weight excluding hydrogens is 300 g/mol. The van der Waals surface area contributed by atoms with Gasteiger partial charge in [-0.25, -0.2) is 21.9 Å². The Labute approximate surface area is 114 Å². The first-order valence-corrected chi connectivity index (χ1v) is 7.03. The van der Waals surface area contributed by atoms with Crippen LogP contribution in [0.15, 0.2) is 23.1 Å². The molecule has 0 spiro atoms. The van der Waals surface area contributed by atoms with E-state index in [1.807, 2.05) is 0 Å². The third-order valence-corrected chi connectivity index (χ3v) is 4.14. The van der Waals surface area contributed by atoms with Crippen molar-refractivity contribution in [2.24, 2.45) is 5.73 Å². The van der Waals surface area contributed by atoms with Crippen LogP contribution in [-0.4, -0.2) is 27.3 Å². The highest BCUT2D eigenvalue weighted by molar-refractivity contribution is 7.89. The molecule has 0 bridgehead atoms. The van der Waals surface area contributed by atoms with Crippen LogP contribution >= 0.6 is 0 Å². The van der Waals surface area contributed by atoms with Gasteiger partial charge in [0, 0.05) is 6.54 Å². The maximum absolute atomic E-state index is 12.7. The van der Waals surface area contributed by atoms with Gasteiger partial charge >= 0.3 is 12.3 Å². The topological polar surface area (TPSA) is 72.2 Å². The Morgan fingerprint density at radius 3 is 2.40 bits per heavy atom. The van der Waals surface area contributed by atoms with Gasteiger partial charge in [0.25, 0.3) is 0 Å². The molecule has 3 N–H and O–H groups in total. The van der Waals surface area contributed by atoms with Crippen molar-refractivity contribution in [1.29, 1.82) is 0 Å². The van der Waals surface area contributed by atoms with Crippen LogP contribution in [-0.2, 0) is 16.6 Å². The SMILES string of the molecule is Cc1cc(CN)ccc1S(=O)(=O)NCC(F)(F)C(F)F. The van der Waals surface area contributed by atoms with Crippen LogP contribution in [0.5, 0.6) is 0 Å². The number of alkyl halides is 4. The molecule has 0 unspecified atom stereocenters. The van der Waals surface area contributed by atoms with E-state index in [2.05, 4.69) is 0 Å². The third kappa shape index (κ3) is 3.90. The molecule has 1 aromatic carbocycles. The summed E-state index contributed by atoms with van der Waals surface area (Å²) in [6.07, 6.45) is -3.94. The molecule has 0 aromatic heterocycles. The first-order chi connectivity index (χ1) is 9.10. The molecule has 9 heteroatoms. The van der Waals surface area contributed by atoms with E-state index in [1.54, 1.807) is 0 Å². The highest BCUT2D eigenvalue weighted by atomic mass is 32.2. The van der Waals surface area contributed by atoms with Crippen LogP contribution in [0.2, 0.25) is 0 Å². The number of aryl methyl sites for hydroxylation is 1. The smallest absolute Gasteiger partial charge is 0.320 e. The zero-order valence-corrected chi connectivity index (χ0v) is 11.4. The molecule has 0 heterocycles. The van der Waals surface area contributed by atoms with E-state index in [-0.39, 0.29) is 11.4 Å². The number of halogens is 4. The van der Waals surface area contributed by atoms with Crippen LogP contribution in [0.3, 0.4) is 0 Å². The maximum atomic E-state index is 12.7. The summed E-state index contributed by atoms with van der Waals surface area (Å²) >= 11 is 0. The highest BCUT2D eigenvalue weighted by Crippen LogP contribution is 2.23. The van der Waals surface area contributed by atoms with Gasteiger partial charge in [0.15, 0.2) is 0 Å². The molecule has 0 aliphatic heterocycles. The fourth-order valence-corrected chi connectivity index (χ4v) is 2.75. The number of hydrogen-bond donors (Lipinski definition) is 2. The van der Waals surface area contributed by atoms with Gasteiger partial charge in [0.2, 0.25) is 10.0 Å². The van der Waals surface area contributed by atoms with E-state index in [0.29, 0.717) is 11.1 Å². The van der Waals surface area contributed by atoms with Crippen LogP contribution in [0.4, 0.5) is 17.6 Å². The van der Waals surface area contributed by atoms with E-state index in [9.17, 15) is 26.0 Å². The molecule has 1 aromatic rings. The van der Waals surface area contributed by atoms with Gasteiger partial charge in [-0.3, -0.25) is 0 Å². The maximum Gasteiger partial charge on any atom is 0.320 e. The summed E-state index contributed by atoms with van der Waals surface area (Å²) in [5.74, 6) is -4.42. The quantitative estimate of drug-likeness (QED) is 0.784. The number of sulfonamides is 1. The van der Waals surface area contributed by atoms with Crippen molar-refractivity contribution in [2.45, 2.75) is 30.7 Å². The Morgan fingerprint density at radius 1 is 1.35 bits per heavy atom. The number of nitrogens with two attached hydrogens (primary N) is 1. The molecular formula is C11H14F4N2O2S. The lowest BCUT2D eigenvalue weighted by Gasteiger charge is -2.16. The van der Waals surface area contributed by atoms with Crippen molar-refractivity contribution in [2.75, 3.05) is 6.54 Å². The monoisotopic (exact) mass is 314 g/mol. The molecule has 114 valence electrons. The van der Waals surface area contributed by atoms with Gasteiger partial charge < -0.3 is 5.73 Å². The third-order valence-electron chi connectivity index (χ3n) is 2.58. The van der Waals surface area contributed by atoms with Crippen LogP contribution in [0.1, 0.15) is 11.1 Å². The van der Waals surface area contributed by atoms with Crippen molar-refractivity contribution in [3.05, 3.63) is 29.3 Å². The largest absolute Gasteiger partial charge is 0.326 e. The average molecular weight is 314 g/mol. The molecule has 20 heavy (non-hydrogen) atoms.